The van der Waals surface area contributed by atoms with E-state index in [1.54, 1.807) is 0 Å². The molecule has 0 unspecified atom stereocenters. The van der Waals surface area contributed by atoms with E-state index < -0.39 is 0 Å². The second kappa shape index (κ2) is 6.56. The predicted molar refractivity (Wildman–Crippen MR) is 78.9 cm³/mol. The molecule has 0 saturated carbocycles. The first kappa shape index (κ1) is 14.5. The van der Waals surface area contributed by atoms with E-state index >= 15 is 0 Å². The molecule has 5 nitrogen and oxygen atoms in total. The van der Waals surface area contributed by atoms with Crippen LogP contribution < -0.4 is 5.32 Å². The van der Waals surface area contributed by atoms with Crippen molar-refractivity contribution < 1.29 is 14.3 Å². The van der Waals surface area contributed by atoms with Gasteiger partial charge in [-0.15, -0.1) is 0 Å². The monoisotopic (exact) mass is 290 g/mol. The van der Waals surface area contributed by atoms with Crippen LogP contribution in [-0.4, -0.2) is 55.9 Å². The van der Waals surface area contributed by atoms with Gasteiger partial charge in [-0.2, -0.15) is 0 Å². The van der Waals surface area contributed by atoms with Crippen LogP contribution in [0.1, 0.15) is 18.5 Å². The van der Waals surface area contributed by atoms with Crippen LogP contribution in [0.3, 0.4) is 0 Å². The smallest absolute Gasteiger partial charge is 0.253 e. The molecule has 0 radical (unpaired) electrons. The molecule has 1 aromatic carbocycles. The van der Waals surface area contributed by atoms with Gasteiger partial charge >= 0.3 is 0 Å². The number of morpholine rings is 2. The van der Waals surface area contributed by atoms with Crippen molar-refractivity contribution in [1.29, 1.82) is 0 Å². The fraction of sp³-hybridized carbons (Fsp3) is 0.562. The third-order valence-electron chi connectivity index (χ3n) is 4.04. The molecule has 1 amide bonds. The topological polar surface area (TPSA) is 50.8 Å². The Labute approximate surface area is 125 Å². The van der Waals surface area contributed by atoms with Crippen molar-refractivity contribution >= 4 is 5.91 Å². The second-order valence-electron chi connectivity index (χ2n) is 5.62. The fourth-order valence-corrected chi connectivity index (χ4v) is 2.91. The Morgan fingerprint density at radius 1 is 1.29 bits per heavy atom. The number of ether oxygens (including phenoxy) is 2. The lowest BCUT2D eigenvalue weighted by atomic mass is 10.0. The largest absolute Gasteiger partial charge is 0.374 e. The third-order valence-corrected chi connectivity index (χ3v) is 4.04. The van der Waals surface area contributed by atoms with Gasteiger partial charge in [-0.05, 0) is 12.5 Å². The molecule has 21 heavy (non-hydrogen) atoms. The van der Waals surface area contributed by atoms with Gasteiger partial charge < -0.3 is 19.7 Å². The van der Waals surface area contributed by atoms with Crippen LogP contribution in [0.15, 0.2) is 30.3 Å². The van der Waals surface area contributed by atoms with Gasteiger partial charge in [-0.1, -0.05) is 30.3 Å². The highest BCUT2D eigenvalue weighted by Crippen LogP contribution is 2.27. The first-order chi connectivity index (χ1) is 10.3. The minimum Gasteiger partial charge on any atom is -0.374 e. The summed E-state index contributed by atoms with van der Waals surface area (Å²) in [5, 5.41) is 3.22. The van der Waals surface area contributed by atoms with Gasteiger partial charge in [0, 0.05) is 19.6 Å². The van der Waals surface area contributed by atoms with E-state index in [1.807, 2.05) is 42.2 Å². The van der Waals surface area contributed by atoms with E-state index in [9.17, 15) is 4.79 Å². The molecule has 2 heterocycles. The van der Waals surface area contributed by atoms with Gasteiger partial charge in [0.25, 0.3) is 5.91 Å². The molecule has 2 aliphatic heterocycles. The number of rotatable bonds is 2. The van der Waals surface area contributed by atoms with Crippen LogP contribution in [-0.2, 0) is 14.3 Å². The van der Waals surface area contributed by atoms with E-state index in [4.69, 9.17) is 9.47 Å². The average molecular weight is 290 g/mol. The molecular formula is C16H22N2O3. The molecule has 0 bridgehead atoms. The summed E-state index contributed by atoms with van der Waals surface area (Å²) in [5.74, 6) is 0.0613. The molecule has 2 fully saturated rings. The van der Waals surface area contributed by atoms with Crippen LogP contribution in [0.4, 0.5) is 0 Å². The lowest BCUT2D eigenvalue weighted by Gasteiger charge is -2.41. The van der Waals surface area contributed by atoms with Gasteiger partial charge in [0.1, 0.15) is 6.10 Å². The number of nitrogens with one attached hydrogen (secondary N) is 1. The highest BCUT2D eigenvalue weighted by molar-refractivity contribution is 5.82. The highest BCUT2D eigenvalue weighted by Gasteiger charge is 2.36. The molecule has 2 aliphatic rings. The molecule has 114 valence electrons. The summed E-state index contributed by atoms with van der Waals surface area (Å²) in [6.07, 6.45) is -0.319. The summed E-state index contributed by atoms with van der Waals surface area (Å²) in [6.45, 7) is 5.14. The van der Waals surface area contributed by atoms with Crippen molar-refractivity contribution in [3.05, 3.63) is 35.9 Å². The molecule has 1 N–H and O–H groups in total. The Morgan fingerprint density at radius 3 is 2.81 bits per heavy atom. The first-order valence-electron chi connectivity index (χ1n) is 7.55. The molecule has 0 aliphatic carbocycles. The summed E-state index contributed by atoms with van der Waals surface area (Å²) < 4.78 is 11.4. The summed E-state index contributed by atoms with van der Waals surface area (Å²) in [6, 6.07) is 10.0. The predicted octanol–water partition coefficient (Wildman–Crippen LogP) is 0.963. The summed E-state index contributed by atoms with van der Waals surface area (Å²) in [4.78, 5) is 14.7. The maximum absolute atomic E-state index is 12.8. The standard InChI is InChI=1S/C16H22N2O3/c1-12-10-18(16(19)15-9-17-7-8-20-15)14(11-21-12)13-5-3-2-4-6-13/h2-6,12,14-15,17H,7-11H2,1H3/t12-,14+,15+/m1/s1. The minimum atomic E-state index is -0.379. The van der Waals surface area contributed by atoms with Crippen LogP contribution in [0.5, 0.6) is 0 Å². The number of nitrogens with zero attached hydrogens (tertiary/aromatic N) is 1. The zero-order valence-electron chi connectivity index (χ0n) is 12.3. The lowest BCUT2D eigenvalue weighted by Crippen LogP contribution is -2.54. The first-order valence-corrected chi connectivity index (χ1v) is 7.55. The molecular weight excluding hydrogens is 268 g/mol. The maximum Gasteiger partial charge on any atom is 0.253 e. The Morgan fingerprint density at radius 2 is 2.10 bits per heavy atom. The fourth-order valence-electron chi connectivity index (χ4n) is 2.91. The minimum absolute atomic E-state index is 0.0274. The van der Waals surface area contributed by atoms with Crippen molar-refractivity contribution in [1.82, 2.24) is 10.2 Å². The number of amides is 1. The molecule has 3 atom stereocenters. The van der Waals surface area contributed by atoms with Crippen molar-refractivity contribution in [2.45, 2.75) is 25.2 Å². The van der Waals surface area contributed by atoms with Crippen LogP contribution >= 0.6 is 0 Å². The maximum atomic E-state index is 12.8. The zero-order valence-corrected chi connectivity index (χ0v) is 12.3. The SMILES string of the molecule is C[C@@H]1CN(C(=O)[C@@H]2CNCCO2)[C@H](c2ccccc2)CO1. The Hall–Kier alpha value is -1.43. The lowest BCUT2D eigenvalue weighted by molar-refractivity contribution is -0.158. The van der Waals surface area contributed by atoms with Crippen LogP contribution in [0.25, 0.3) is 0 Å². The molecule has 2 saturated heterocycles. The number of carbonyl (C=O) groups is 1. The van der Waals surface area contributed by atoms with Gasteiger partial charge in [-0.25, -0.2) is 0 Å². The Kier molecular flexibility index (Phi) is 4.53. The van der Waals surface area contributed by atoms with Gasteiger partial charge in [-0.3, -0.25) is 4.79 Å². The molecule has 1 aromatic rings. The van der Waals surface area contributed by atoms with E-state index in [0.29, 0.717) is 26.3 Å². The number of benzene rings is 1. The quantitative estimate of drug-likeness (QED) is 0.881. The second-order valence-corrected chi connectivity index (χ2v) is 5.62. The van der Waals surface area contributed by atoms with Gasteiger partial charge in [0.05, 0.1) is 25.4 Å². The van der Waals surface area contributed by atoms with E-state index in [-0.39, 0.29) is 24.2 Å². The van der Waals surface area contributed by atoms with Crippen molar-refractivity contribution in [3.8, 4) is 0 Å². The van der Waals surface area contributed by atoms with Gasteiger partial charge in [0.15, 0.2) is 0 Å². The van der Waals surface area contributed by atoms with E-state index in [0.717, 1.165) is 12.1 Å². The summed E-state index contributed by atoms with van der Waals surface area (Å²) in [7, 11) is 0. The Balaban J connectivity index is 1.79. The van der Waals surface area contributed by atoms with Crippen LogP contribution in [0.2, 0.25) is 0 Å². The van der Waals surface area contributed by atoms with E-state index in [2.05, 4.69) is 5.32 Å². The number of hydrogen-bond acceptors (Lipinski definition) is 4. The summed E-state index contributed by atoms with van der Waals surface area (Å²) >= 11 is 0. The molecule has 0 spiro atoms. The molecule has 5 heteroatoms. The normalized spacial score (nSPS) is 30.1. The molecule has 3 rings (SSSR count). The Bertz CT molecular complexity index is 474. The number of carbonyl (C=O) groups excluding carboxylic acids is 1. The summed E-state index contributed by atoms with van der Waals surface area (Å²) in [5.41, 5.74) is 1.11. The third kappa shape index (κ3) is 3.26. The van der Waals surface area contributed by atoms with Crippen molar-refractivity contribution in [2.24, 2.45) is 0 Å². The van der Waals surface area contributed by atoms with Crippen LogP contribution in [0, 0.1) is 0 Å². The van der Waals surface area contributed by atoms with E-state index in [1.165, 1.54) is 0 Å². The van der Waals surface area contributed by atoms with Crippen molar-refractivity contribution in [3.63, 3.8) is 0 Å². The molecule has 0 aromatic heterocycles. The van der Waals surface area contributed by atoms with Gasteiger partial charge in [0.2, 0.25) is 0 Å². The van der Waals surface area contributed by atoms with Crippen molar-refractivity contribution in [2.75, 3.05) is 32.8 Å². The average Bonchev–Trinajstić information content (AvgIpc) is 2.56. The zero-order chi connectivity index (χ0) is 14.7. The number of hydrogen-bond donors (Lipinski definition) is 1. The highest BCUT2D eigenvalue weighted by atomic mass is 16.5.